The molecular weight excluding hydrogens is 244 g/mol. The van der Waals surface area contributed by atoms with Crippen LogP contribution in [0.4, 0.5) is 4.79 Å². The normalized spacial score (nSPS) is 10.0. The Kier molecular flexibility index (Phi) is 6.19. The number of carbonyl (C=O) groups excluding carboxylic acids is 1. The molecule has 1 rings (SSSR count). The lowest BCUT2D eigenvalue weighted by Crippen LogP contribution is -2.38. The van der Waals surface area contributed by atoms with Crippen LogP contribution < -0.4 is 10.6 Å². The molecule has 0 spiro atoms. The molecule has 100 valence electrons. The number of nitrogens with zero attached hydrogens (tertiary/aromatic N) is 2. The van der Waals surface area contributed by atoms with E-state index in [-0.39, 0.29) is 25.8 Å². The largest absolute Gasteiger partial charge is 0.480 e. The van der Waals surface area contributed by atoms with E-state index in [1.54, 1.807) is 0 Å². The van der Waals surface area contributed by atoms with Crippen LogP contribution in [0.2, 0.25) is 0 Å². The average Bonchev–Trinajstić information content (AvgIpc) is 2.81. The average molecular weight is 258 g/mol. The van der Waals surface area contributed by atoms with Crippen LogP contribution in [0.3, 0.4) is 0 Å². The first-order valence-corrected chi connectivity index (χ1v) is 5.25. The van der Waals surface area contributed by atoms with Crippen molar-refractivity contribution < 1.29 is 24.0 Å². The second-order valence-corrected chi connectivity index (χ2v) is 3.21. The van der Waals surface area contributed by atoms with Crippen molar-refractivity contribution >= 4 is 12.0 Å². The fourth-order valence-corrected chi connectivity index (χ4v) is 1.05. The van der Waals surface area contributed by atoms with Gasteiger partial charge in [0.1, 0.15) is 6.61 Å². The second kappa shape index (κ2) is 8.01. The van der Waals surface area contributed by atoms with E-state index in [0.717, 1.165) is 0 Å². The Morgan fingerprint density at radius 3 is 2.83 bits per heavy atom. The molecule has 3 N–H and O–H groups in total. The number of hydrogen-bond acceptors (Lipinski definition) is 6. The molecule has 0 fully saturated rings. The first kappa shape index (κ1) is 13.9. The minimum Gasteiger partial charge on any atom is -0.480 e. The van der Waals surface area contributed by atoms with Crippen LogP contribution in [0.5, 0.6) is 0 Å². The molecule has 0 saturated carbocycles. The molecule has 2 amide bonds. The SMILES string of the molecule is O=C(O)COCCNC(=O)NCCc1ncno1. The van der Waals surface area contributed by atoms with E-state index in [4.69, 9.17) is 14.4 Å². The van der Waals surface area contributed by atoms with Crippen LogP contribution in [-0.2, 0) is 16.0 Å². The number of ether oxygens (including phenoxy) is 1. The van der Waals surface area contributed by atoms with Crippen LogP contribution >= 0.6 is 0 Å². The molecule has 1 aromatic heterocycles. The Hall–Kier alpha value is -2.16. The number of urea groups is 1. The zero-order chi connectivity index (χ0) is 13.2. The predicted molar refractivity (Wildman–Crippen MR) is 57.9 cm³/mol. The van der Waals surface area contributed by atoms with Crippen molar-refractivity contribution in [1.82, 2.24) is 20.8 Å². The van der Waals surface area contributed by atoms with E-state index in [0.29, 0.717) is 18.9 Å². The van der Waals surface area contributed by atoms with Crippen molar-refractivity contribution in [2.45, 2.75) is 6.42 Å². The molecule has 0 aliphatic heterocycles. The molecule has 0 aliphatic carbocycles. The Balaban J connectivity index is 1.95. The van der Waals surface area contributed by atoms with Crippen molar-refractivity contribution in [3.63, 3.8) is 0 Å². The number of amides is 2. The van der Waals surface area contributed by atoms with Crippen molar-refractivity contribution in [2.75, 3.05) is 26.3 Å². The van der Waals surface area contributed by atoms with Crippen LogP contribution in [0.25, 0.3) is 0 Å². The van der Waals surface area contributed by atoms with Gasteiger partial charge < -0.3 is 25.0 Å². The zero-order valence-electron chi connectivity index (χ0n) is 9.59. The molecule has 0 atom stereocenters. The van der Waals surface area contributed by atoms with Gasteiger partial charge >= 0.3 is 12.0 Å². The van der Waals surface area contributed by atoms with Gasteiger partial charge in [-0.2, -0.15) is 4.98 Å². The third-order valence-electron chi connectivity index (χ3n) is 1.79. The fraction of sp³-hybridized carbons (Fsp3) is 0.556. The van der Waals surface area contributed by atoms with Gasteiger partial charge in [-0.3, -0.25) is 0 Å². The quantitative estimate of drug-likeness (QED) is 0.511. The van der Waals surface area contributed by atoms with Crippen LogP contribution in [-0.4, -0.2) is 53.6 Å². The number of hydrogen-bond donors (Lipinski definition) is 3. The summed E-state index contributed by atoms with van der Waals surface area (Å²) in [5.74, 6) is -0.598. The molecule has 1 heterocycles. The summed E-state index contributed by atoms with van der Waals surface area (Å²) in [5, 5.41) is 16.8. The summed E-state index contributed by atoms with van der Waals surface area (Å²) in [6.45, 7) is 0.369. The van der Waals surface area contributed by atoms with E-state index in [9.17, 15) is 9.59 Å². The van der Waals surface area contributed by atoms with Crippen molar-refractivity contribution in [1.29, 1.82) is 0 Å². The number of rotatable bonds is 8. The highest BCUT2D eigenvalue weighted by Crippen LogP contribution is 1.89. The number of aromatic nitrogens is 2. The Labute approximate surface area is 103 Å². The van der Waals surface area contributed by atoms with Crippen molar-refractivity contribution in [3.05, 3.63) is 12.2 Å². The number of nitrogens with one attached hydrogen (secondary N) is 2. The van der Waals surface area contributed by atoms with Crippen LogP contribution in [0.1, 0.15) is 5.89 Å². The van der Waals surface area contributed by atoms with Gasteiger partial charge in [0, 0.05) is 19.5 Å². The second-order valence-electron chi connectivity index (χ2n) is 3.21. The molecule has 0 bridgehead atoms. The molecule has 0 aromatic carbocycles. The Morgan fingerprint density at radius 2 is 2.17 bits per heavy atom. The third kappa shape index (κ3) is 6.43. The number of aliphatic carboxylic acids is 1. The standard InChI is InChI=1S/C9H14N4O5/c14-8(15)5-17-4-3-11-9(16)10-2-1-7-12-6-13-18-7/h6H,1-5H2,(H,14,15)(H2,10,11,16). The number of carbonyl (C=O) groups is 2. The molecule has 9 heteroatoms. The molecule has 0 saturated heterocycles. The number of carboxylic acid groups (broad SMARTS) is 1. The van der Waals surface area contributed by atoms with E-state index >= 15 is 0 Å². The highest BCUT2D eigenvalue weighted by Gasteiger charge is 2.02. The summed E-state index contributed by atoms with van der Waals surface area (Å²) < 4.78 is 9.48. The summed E-state index contributed by atoms with van der Waals surface area (Å²) in [5.41, 5.74) is 0. The zero-order valence-corrected chi connectivity index (χ0v) is 9.59. The monoisotopic (exact) mass is 258 g/mol. The summed E-state index contributed by atoms with van der Waals surface area (Å²) in [6, 6.07) is -0.367. The molecule has 0 radical (unpaired) electrons. The van der Waals surface area contributed by atoms with Gasteiger partial charge in [-0.25, -0.2) is 9.59 Å². The van der Waals surface area contributed by atoms with E-state index in [1.807, 2.05) is 0 Å². The molecular formula is C9H14N4O5. The van der Waals surface area contributed by atoms with Gasteiger partial charge in [0.2, 0.25) is 5.89 Å². The lowest BCUT2D eigenvalue weighted by atomic mass is 10.4. The topological polar surface area (TPSA) is 127 Å². The molecule has 0 aliphatic rings. The highest BCUT2D eigenvalue weighted by atomic mass is 16.5. The maximum atomic E-state index is 11.2. The van der Waals surface area contributed by atoms with Crippen molar-refractivity contribution in [2.24, 2.45) is 0 Å². The lowest BCUT2D eigenvalue weighted by molar-refractivity contribution is -0.142. The summed E-state index contributed by atoms with van der Waals surface area (Å²) in [7, 11) is 0. The van der Waals surface area contributed by atoms with E-state index in [1.165, 1.54) is 6.33 Å². The van der Waals surface area contributed by atoms with Gasteiger partial charge in [0.05, 0.1) is 6.61 Å². The fourth-order valence-electron chi connectivity index (χ4n) is 1.05. The highest BCUT2D eigenvalue weighted by molar-refractivity contribution is 5.73. The molecule has 18 heavy (non-hydrogen) atoms. The van der Waals surface area contributed by atoms with Crippen molar-refractivity contribution in [3.8, 4) is 0 Å². The van der Waals surface area contributed by atoms with Crippen LogP contribution in [0, 0.1) is 0 Å². The smallest absolute Gasteiger partial charge is 0.329 e. The minimum atomic E-state index is -1.04. The first-order valence-electron chi connectivity index (χ1n) is 5.25. The Morgan fingerprint density at radius 1 is 1.39 bits per heavy atom. The summed E-state index contributed by atoms with van der Waals surface area (Å²) in [6.07, 6.45) is 1.73. The summed E-state index contributed by atoms with van der Waals surface area (Å²) in [4.78, 5) is 25.1. The first-order chi connectivity index (χ1) is 8.68. The lowest BCUT2D eigenvalue weighted by Gasteiger charge is -2.06. The molecule has 0 unspecified atom stereocenters. The maximum Gasteiger partial charge on any atom is 0.329 e. The van der Waals surface area contributed by atoms with Crippen LogP contribution in [0.15, 0.2) is 10.9 Å². The summed E-state index contributed by atoms with van der Waals surface area (Å²) >= 11 is 0. The van der Waals surface area contributed by atoms with Gasteiger partial charge in [-0.05, 0) is 0 Å². The maximum absolute atomic E-state index is 11.2. The van der Waals surface area contributed by atoms with Gasteiger partial charge in [-0.15, -0.1) is 0 Å². The minimum absolute atomic E-state index is 0.142. The molecule has 1 aromatic rings. The third-order valence-corrected chi connectivity index (χ3v) is 1.79. The molecule has 9 nitrogen and oxygen atoms in total. The predicted octanol–water partition coefficient (Wildman–Crippen LogP) is -0.987. The number of carboxylic acids is 1. The van der Waals surface area contributed by atoms with Gasteiger partial charge in [0.15, 0.2) is 6.33 Å². The Bertz CT molecular complexity index is 367. The van der Waals surface area contributed by atoms with Gasteiger partial charge in [-0.1, -0.05) is 5.16 Å². The van der Waals surface area contributed by atoms with E-state index in [2.05, 4.69) is 20.8 Å². The van der Waals surface area contributed by atoms with Gasteiger partial charge in [0.25, 0.3) is 0 Å². The van der Waals surface area contributed by atoms with E-state index < -0.39 is 5.97 Å².